The monoisotopic (exact) mass is 584 g/mol. The molecule has 1 unspecified atom stereocenters. The van der Waals surface area contributed by atoms with Crippen molar-refractivity contribution in [2.24, 2.45) is 0 Å². The van der Waals surface area contributed by atoms with Crippen LogP contribution in [0.4, 0.5) is 5.69 Å². The van der Waals surface area contributed by atoms with E-state index in [0.29, 0.717) is 28.2 Å². The molecule has 38 heavy (non-hydrogen) atoms. The van der Waals surface area contributed by atoms with Crippen LogP contribution in [0.5, 0.6) is 0 Å². The molecule has 1 fully saturated rings. The van der Waals surface area contributed by atoms with Gasteiger partial charge in [0, 0.05) is 38.4 Å². The van der Waals surface area contributed by atoms with Gasteiger partial charge >= 0.3 is 0 Å². The largest absolute Gasteiger partial charge is 0.507 e. The molecule has 3 heterocycles. The number of benzene rings is 3. The summed E-state index contributed by atoms with van der Waals surface area (Å²) in [5.41, 5.74) is 3.07. The highest BCUT2D eigenvalue weighted by Gasteiger charge is 2.47. The highest BCUT2D eigenvalue weighted by molar-refractivity contribution is 9.10. The van der Waals surface area contributed by atoms with Crippen LogP contribution in [0.15, 0.2) is 94.4 Å². The number of amides is 1. The summed E-state index contributed by atoms with van der Waals surface area (Å²) in [6, 6.07) is 20.5. The number of hydrogen-bond acceptors (Lipinski definition) is 8. The first kappa shape index (κ1) is 23.9. The van der Waals surface area contributed by atoms with Gasteiger partial charge in [-0.15, -0.1) is 21.5 Å². The maximum Gasteiger partial charge on any atom is 0.300 e. The van der Waals surface area contributed by atoms with Gasteiger partial charge in [-0.05, 0) is 35.0 Å². The number of hydrogen-bond donors (Lipinski definition) is 2. The van der Waals surface area contributed by atoms with Crippen LogP contribution in [0.25, 0.3) is 27.7 Å². The molecule has 186 valence electrons. The number of carbonyl (C=O) groups excluding carboxylic acids is 2. The molecular weight excluding hydrogens is 568 g/mol. The van der Waals surface area contributed by atoms with Crippen molar-refractivity contribution in [3.05, 3.63) is 106 Å². The number of H-pyrrole nitrogens is 1. The van der Waals surface area contributed by atoms with Crippen LogP contribution < -0.4 is 4.90 Å². The Morgan fingerprint density at radius 2 is 1.79 bits per heavy atom. The number of rotatable bonds is 5. The molecule has 6 rings (SSSR count). The van der Waals surface area contributed by atoms with Crippen molar-refractivity contribution in [2.75, 3.05) is 4.90 Å². The summed E-state index contributed by atoms with van der Waals surface area (Å²) >= 11 is 4.90. The van der Waals surface area contributed by atoms with E-state index in [1.807, 2.05) is 29.6 Å². The molecular formula is C27H17BrN6O3S. The van der Waals surface area contributed by atoms with Gasteiger partial charge in [-0.25, -0.2) is 4.98 Å². The zero-order chi connectivity index (χ0) is 26.2. The van der Waals surface area contributed by atoms with Gasteiger partial charge in [-0.1, -0.05) is 64.5 Å². The van der Waals surface area contributed by atoms with Crippen molar-refractivity contribution in [1.29, 1.82) is 0 Å². The number of thiazole rings is 1. The summed E-state index contributed by atoms with van der Waals surface area (Å²) < 4.78 is 0.821. The minimum Gasteiger partial charge on any atom is -0.507 e. The molecule has 0 bridgehead atoms. The molecule has 1 aliphatic rings. The van der Waals surface area contributed by atoms with Crippen molar-refractivity contribution >= 4 is 50.4 Å². The topological polar surface area (TPSA) is 125 Å². The molecule has 1 amide bonds. The SMILES string of the molecule is O=C1C(=O)N(c2cccc(-c3nn[nH]n3)c2)C(c2ccc(-c3nccs3)cc2)/C1=C(\O)c1ccc(Br)cc1. The van der Waals surface area contributed by atoms with Crippen molar-refractivity contribution in [2.45, 2.75) is 6.04 Å². The lowest BCUT2D eigenvalue weighted by Crippen LogP contribution is -2.29. The second-order valence-corrected chi connectivity index (χ2v) is 10.2. The van der Waals surface area contributed by atoms with Crippen LogP contribution in [0.2, 0.25) is 0 Å². The zero-order valence-electron chi connectivity index (χ0n) is 19.4. The average molecular weight is 585 g/mol. The van der Waals surface area contributed by atoms with Crippen molar-refractivity contribution in [3.63, 3.8) is 0 Å². The molecule has 1 aliphatic heterocycles. The van der Waals surface area contributed by atoms with Crippen LogP contribution in [0.3, 0.4) is 0 Å². The Morgan fingerprint density at radius 3 is 2.47 bits per heavy atom. The van der Waals surface area contributed by atoms with Gasteiger partial charge in [-0.3, -0.25) is 14.5 Å². The summed E-state index contributed by atoms with van der Waals surface area (Å²) in [4.78, 5) is 32.7. The van der Waals surface area contributed by atoms with Crippen LogP contribution in [0.1, 0.15) is 17.2 Å². The molecule has 2 aromatic heterocycles. The van der Waals surface area contributed by atoms with Gasteiger partial charge in [-0.2, -0.15) is 5.21 Å². The molecule has 9 nitrogen and oxygen atoms in total. The summed E-state index contributed by atoms with van der Waals surface area (Å²) in [7, 11) is 0. The second kappa shape index (κ2) is 9.77. The minimum atomic E-state index is -0.871. The maximum atomic E-state index is 13.5. The smallest absolute Gasteiger partial charge is 0.300 e. The Labute approximate surface area is 228 Å². The Kier molecular flexibility index (Phi) is 6.14. The van der Waals surface area contributed by atoms with E-state index in [1.165, 1.54) is 16.2 Å². The number of halogens is 1. The summed E-state index contributed by atoms with van der Waals surface area (Å²) in [6.45, 7) is 0. The van der Waals surface area contributed by atoms with Gasteiger partial charge in [0.2, 0.25) is 5.82 Å². The van der Waals surface area contributed by atoms with Crippen LogP contribution >= 0.6 is 27.3 Å². The number of ketones is 1. The number of nitrogens with zero attached hydrogens (tertiary/aromatic N) is 5. The second-order valence-electron chi connectivity index (χ2n) is 8.42. The molecule has 0 aliphatic carbocycles. The third-order valence-electron chi connectivity index (χ3n) is 6.20. The van der Waals surface area contributed by atoms with Crippen LogP contribution in [-0.2, 0) is 9.59 Å². The highest BCUT2D eigenvalue weighted by Crippen LogP contribution is 2.43. The van der Waals surface area contributed by atoms with Gasteiger partial charge in [0.25, 0.3) is 11.7 Å². The van der Waals surface area contributed by atoms with Gasteiger partial charge in [0.05, 0.1) is 11.6 Å². The number of anilines is 1. The lowest BCUT2D eigenvalue weighted by atomic mass is 9.94. The van der Waals surface area contributed by atoms with E-state index in [1.54, 1.807) is 54.7 Å². The van der Waals surface area contributed by atoms with Crippen LogP contribution in [0, 0.1) is 0 Å². The fourth-order valence-corrected chi connectivity index (χ4v) is 5.34. The van der Waals surface area contributed by atoms with Gasteiger partial charge in [0.15, 0.2) is 0 Å². The number of aliphatic hydroxyl groups is 1. The average Bonchev–Trinajstić information content (AvgIpc) is 3.72. The quantitative estimate of drug-likeness (QED) is 0.161. The van der Waals surface area contributed by atoms with E-state index in [-0.39, 0.29) is 11.3 Å². The molecule has 0 spiro atoms. The van der Waals surface area contributed by atoms with Gasteiger partial charge in [0.1, 0.15) is 10.8 Å². The standard InChI is InChI=1S/C27H17BrN6O3S/c28-19-10-8-16(9-11-19)23(35)21-22(15-4-6-17(7-5-15)26-29-12-13-38-26)34(27(37)24(21)36)20-3-1-2-18(14-20)25-30-32-33-31-25/h1-14,22,35H,(H,30,31,32,33)/b23-21+. The van der Waals surface area contributed by atoms with Crippen molar-refractivity contribution in [1.82, 2.24) is 25.6 Å². The molecule has 2 N–H and O–H groups in total. The van der Waals surface area contributed by atoms with Crippen molar-refractivity contribution < 1.29 is 14.7 Å². The molecule has 3 aromatic carbocycles. The summed E-state index contributed by atoms with van der Waals surface area (Å²) in [5.74, 6) is -1.42. The van der Waals surface area contributed by atoms with Gasteiger partial charge < -0.3 is 5.11 Å². The lowest BCUT2D eigenvalue weighted by Gasteiger charge is -2.26. The molecule has 11 heteroatoms. The van der Waals surface area contributed by atoms with E-state index < -0.39 is 17.7 Å². The number of aromatic nitrogens is 5. The predicted molar refractivity (Wildman–Crippen MR) is 146 cm³/mol. The van der Waals surface area contributed by atoms with E-state index in [0.717, 1.165) is 15.0 Å². The number of Topliss-reactive ketones (excluding diaryl/α,β-unsaturated/α-hetero) is 1. The molecule has 1 saturated heterocycles. The Balaban J connectivity index is 1.51. The van der Waals surface area contributed by atoms with E-state index in [9.17, 15) is 14.7 Å². The predicted octanol–water partition coefficient (Wildman–Crippen LogP) is 5.38. The zero-order valence-corrected chi connectivity index (χ0v) is 21.8. The first-order valence-corrected chi connectivity index (χ1v) is 13.1. The number of aliphatic hydroxyl groups excluding tert-OH is 1. The summed E-state index contributed by atoms with van der Waals surface area (Å²) in [5, 5.41) is 28.1. The Hall–Kier alpha value is -4.48. The maximum absolute atomic E-state index is 13.5. The third kappa shape index (κ3) is 4.21. The van der Waals surface area contributed by atoms with Crippen molar-refractivity contribution in [3.8, 4) is 22.0 Å². The van der Waals surface area contributed by atoms with E-state index >= 15 is 0 Å². The molecule has 0 radical (unpaired) electrons. The molecule has 0 saturated carbocycles. The van der Waals surface area contributed by atoms with E-state index in [4.69, 9.17) is 0 Å². The number of nitrogens with one attached hydrogen (secondary N) is 1. The third-order valence-corrected chi connectivity index (χ3v) is 7.55. The number of aromatic amines is 1. The first-order chi connectivity index (χ1) is 18.5. The number of carbonyl (C=O) groups is 2. The lowest BCUT2D eigenvalue weighted by molar-refractivity contribution is -0.132. The van der Waals surface area contributed by atoms with Crippen LogP contribution in [-0.4, -0.2) is 42.4 Å². The Morgan fingerprint density at radius 1 is 1.00 bits per heavy atom. The highest BCUT2D eigenvalue weighted by atomic mass is 79.9. The number of tetrazole rings is 1. The first-order valence-electron chi connectivity index (χ1n) is 11.4. The molecule has 1 atom stereocenters. The molecule has 5 aromatic rings. The normalized spacial score (nSPS) is 16.8. The fraction of sp³-hybridized carbons (Fsp3) is 0.0370. The summed E-state index contributed by atoms with van der Waals surface area (Å²) in [6.07, 6.45) is 1.73. The van der Waals surface area contributed by atoms with E-state index in [2.05, 4.69) is 41.5 Å². The Bertz CT molecular complexity index is 1670. The minimum absolute atomic E-state index is 0.00397. The fourth-order valence-electron chi connectivity index (χ4n) is 4.43.